The lowest BCUT2D eigenvalue weighted by atomic mass is 10.1. The molecule has 2 rings (SSSR count). The zero-order valence-electron chi connectivity index (χ0n) is 9.60. The van der Waals surface area contributed by atoms with E-state index in [1.165, 1.54) is 5.56 Å². The lowest BCUT2D eigenvalue weighted by molar-refractivity contribution is 0.567. The summed E-state index contributed by atoms with van der Waals surface area (Å²) in [6.45, 7) is 5.09. The summed E-state index contributed by atoms with van der Waals surface area (Å²) in [5, 5.41) is 3.39. The number of nitrogens with zero attached hydrogens (tertiary/aromatic N) is 1. The smallest absolute Gasteiger partial charge is 0.226 e. The summed E-state index contributed by atoms with van der Waals surface area (Å²) in [6, 6.07) is 8.62. The molecule has 0 amide bonds. The Kier molecular flexibility index (Phi) is 3.37. The third kappa shape index (κ3) is 2.49. The molecule has 0 radical (unpaired) electrons. The van der Waals surface area contributed by atoms with Crippen LogP contribution in [0, 0.1) is 0 Å². The van der Waals surface area contributed by atoms with Crippen molar-refractivity contribution >= 4 is 0 Å². The maximum absolute atomic E-state index is 5.33. The fourth-order valence-electron chi connectivity index (χ4n) is 1.55. The van der Waals surface area contributed by atoms with Crippen molar-refractivity contribution in [3.05, 3.63) is 42.3 Å². The zero-order chi connectivity index (χ0) is 11.4. The minimum absolute atomic E-state index is 0.470. The van der Waals surface area contributed by atoms with Gasteiger partial charge in [-0.15, -0.1) is 0 Å². The number of benzene rings is 1. The Morgan fingerprint density at radius 1 is 1.31 bits per heavy atom. The predicted molar refractivity (Wildman–Crippen MR) is 63.9 cm³/mol. The minimum atomic E-state index is 0.470. The summed E-state index contributed by atoms with van der Waals surface area (Å²) in [5.74, 6) is 0.682. The molecule has 0 unspecified atom stereocenters. The molecule has 0 saturated carbocycles. The maximum Gasteiger partial charge on any atom is 0.226 e. The zero-order valence-corrected chi connectivity index (χ0v) is 9.60. The van der Waals surface area contributed by atoms with E-state index < -0.39 is 0 Å². The third-order valence-corrected chi connectivity index (χ3v) is 2.38. The van der Waals surface area contributed by atoms with E-state index in [0.717, 1.165) is 12.1 Å². The highest BCUT2D eigenvalue weighted by molar-refractivity contribution is 5.58. The fourth-order valence-corrected chi connectivity index (χ4v) is 1.55. The van der Waals surface area contributed by atoms with Gasteiger partial charge >= 0.3 is 0 Å². The molecule has 1 aromatic heterocycles. The molecule has 3 nitrogen and oxygen atoms in total. The molecule has 0 aliphatic carbocycles. The van der Waals surface area contributed by atoms with Crippen molar-refractivity contribution in [2.75, 3.05) is 0 Å². The second kappa shape index (κ2) is 4.94. The number of hydrogen-bond acceptors (Lipinski definition) is 3. The van der Waals surface area contributed by atoms with Gasteiger partial charge in [0.2, 0.25) is 5.89 Å². The lowest BCUT2D eigenvalue weighted by Crippen LogP contribution is -2.22. The van der Waals surface area contributed by atoms with E-state index in [0.29, 0.717) is 11.9 Å². The van der Waals surface area contributed by atoms with Crippen LogP contribution in [0.15, 0.2) is 41.1 Å². The second-order valence-corrected chi connectivity index (χ2v) is 4.03. The van der Waals surface area contributed by atoms with E-state index in [2.05, 4.69) is 30.2 Å². The highest BCUT2D eigenvalue weighted by Crippen LogP contribution is 2.21. The van der Waals surface area contributed by atoms with Crippen molar-refractivity contribution in [3.63, 3.8) is 0 Å². The van der Waals surface area contributed by atoms with Crippen LogP contribution < -0.4 is 5.32 Å². The van der Waals surface area contributed by atoms with Gasteiger partial charge in [0.25, 0.3) is 0 Å². The second-order valence-electron chi connectivity index (χ2n) is 4.03. The molecular formula is C13H16N2O. The number of aromatic nitrogens is 1. The Labute approximate surface area is 95.5 Å². The third-order valence-electron chi connectivity index (χ3n) is 2.38. The Balaban J connectivity index is 2.24. The van der Waals surface area contributed by atoms with Crippen LogP contribution in [-0.2, 0) is 6.54 Å². The van der Waals surface area contributed by atoms with E-state index in [4.69, 9.17) is 4.42 Å². The number of nitrogens with one attached hydrogen (secondary N) is 1. The molecule has 3 heteroatoms. The van der Waals surface area contributed by atoms with Crippen LogP contribution >= 0.6 is 0 Å². The summed E-state index contributed by atoms with van der Waals surface area (Å²) in [6.07, 6.45) is 3.27. The Morgan fingerprint density at radius 3 is 2.81 bits per heavy atom. The average molecular weight is 216 g/mol. The van der Waals surface area contributed by atoms with Gasteiger partial charge in [-0.2, -0.15) is 0 Å². The summed E-state index contributed by atoms with van der Waals surface area (Å²) in [7, 11) is 0. The first kappa shape index (κ1) is 10.9. The van der Waals surface area contributed by atoms with Crippen molar-refractivity contribution < 1.29 is 4.42 Å². The van der Waals surface area contributed by atoms with Crippen molar-refractivity contribution in [3.8, 4) is 11.5 Å². The molecule has 1 heterocycles. The highest BCUT2D eigenvalue weighted by Gasteiger charge is 2.08. The molecule has 1 N–H and O–H groups in total. The Hall–Kier alpha value is -1.61. The molecule has 0 bridgehead atoms. The van der Waals surface area contributed by atoms with Crippen LogP contribution in [0.25, 0.3) is 11.5 Å². The first-order valence-electron chi connectivity index (χ1n) is 5.48. The van der Waals surface area contributed by atoms with Crippen LogP contribution in [0.4, 0.5) is 0 Å². The minimum Gasteiger partial charge on any atom is -0.445 e. The van der Waals surface area contributed by atoms with Crippen LogP contribution in [0.3, 0.4) is 0 Å². The maximum atomic E-state index is 5.33. The van der Waals surface area contributed by atoms with E-state index in [-0.39, 0.29) is 0 Å². The van der Waals surface area contributed by atoms with Gasteiger partial charge < -0.3 is 9.73 Å². The molecule has 1 aromatic carbocycles. The van der Waals surface area contributed by atoms with Crippen LogP contribution in [-0.4, -0.2) is 11.0 Å². The molecule has 0 aliphatic heterocycles. The van der Waals surface area contributed by atoms with Crippen molar-refractivity contribution in [1.29, 1.82) is 0 Å². The Bertz CT molecular complexity index is 435. The molecule has 0 atom stereocenters. The number of hydrogen-bond donors (Lipinski definition) is 1. The van der Waals surface area contributed by atoms with E-state index >= 15 is 0 Å². The molecule has 84 valence electrons. The van der Waals surface area contributed by atoms with Crippen molar-refractivity contribution in [2.45, 2.75) is 26.4 Å². The summed E-state index contributed by atoms with van der Waals surface area (Å²) in [5.41, 5.74) is 2.26. The van der Waals surface area contributed by atoms with Gasteiger partial charge in [-0.3, -0.25) is 0 Å². The standard InChI is InChI=1S/C13H16N2O/c1-10(2)15-9-11-5-3-4-6-12(11)13-14-7-8-16-13/h3-8,10,15H,9H2,1-2H3. The SMILES string of the molecule is CC(C)NCc1ccccc1-c1ncco1. The average Bonchev–Trinajstić information content (AvgIpc) is 2.80. The van der Waals surface area contributed by atoms with E-state index in [1.807, 2.05) is 18.2 Å². The molecule has 0 saturated heterocycles. The number of rotatable bonds is 4. The molecule has 16 heavy (non-hydrogen) atoms. The van der Waals surface area contributed by atoms with E-state index in [1.54, 1.807) is 12.5 Å². The van der Waals surface area contributed by atoms with Crippen LogP contribution in [0.1, 0.15) is 19.4 Å². The van der Waals surface area contributed by atoms with Gasteiger partial charge in [0.15, 0.2) is 0 Å². The first-order chi connectivity index (χ1) is 7.77. The summed E-state index contributed by atoms with van der Waals surface area (Å²) < 4.78 is 5.33. The van der Waals surface area contributed by atoms with E-state index in [9.17, 15) is 0 Å². The largest absolute Gasteiger partial charge is 0.445 e. The van der Waals surface area contributed by atoms with Gasteiger partial charge in [0, 0.05) is 18.2 Å². The molecule has 0 spiro atoms. The predicted octanol–water partition coefficient (Wildman–Crippen LogP) is 2.84. The van der Waals surface area contributed by atoms with Gasteiger partial charge in [-0.1, -0.05) is 32.0 Å². The van der Waals surface area contributed by atoms with Crippen LogP contribution in [0.5, 0.6) is 0 Å². The van der Waals surface area contributed by atoms with Gasteiger partial charge in [-0.25, -0.2) is 4.98 Å². The monoisotopic (exact) mass is 216 g/mol. The normalized spacial score (nSPS) is 10.9. The summed E-state index contributed by atoms with van der Waals surface area (Å²) in [4.78, 5) is 4.18. The van der Waals surface area contributed by atoms with Gasteiger partial charge in [0.05, 0.1) is 6.20 Å². The first-order valence-corrected chi connectivity index (χ1v) is 5.48. The van der Waals surface area contributed by atoms with Crippen molar-refractivity contribution in [2.24, 2.45) is 0 Å². The fraction of sp³-hybridized carbons (Fsp3) is 0.308. The van der Waals surface area contributed by atoms with Gasteiger partial charge in [0.1, 0.15) is 6.26 Å². The highest BCUT2D eigenvalue weighted by atomic mass is 16.3. The molecular weight excluding hydrogens is 200 g/mol. The topological polar surface area (TPSA) is 38.1 Å². The molecule has 0 aliphatic rings. The van der Waals surface area contributed by atoms with Crippen molar-refractivity contribution in [1.82, 2.24) is 10.3 Å². The number of oxazole rings is 1. The molecule has 0 fully saturated rings. The van der Waals surface area contributed by atoms with Crippen LogP contribution in [0.2, 0.25) is 0 Å². The molecule has 2 aromatic rings. The quantitative estimate of drug-likeness (QED) is 0.854. The summed E-state index contributed by atoms with van der Waals surface area (Å²) >= 11 is 0. The Morgan fingerprint density at radius 2 is 2.12 bits per heavy atom. The van der Waals surface area contributed by atoms with Gasteiger partial charge in [-0.05, 0) is 11.6 Å². The lowest BCUT2D eigenvalue weighted by Gasteiger charge is -2.10.